The van der Waals surface area contributed by atoms with Crippen LogP contribution in [0.25, 0.3) is 11.3 Å². The summed E-state index contributed by atoms with van der Waals surface area (Å²) in [7, 11) is 1.61. The van der Waals surface area contributed by atoms with Crippen LogP contribution in [0.1, 0.15) is 23.2 Å². The molecule has 1 fully saturated rings. The van der Waals surface area contributed by atoms with Crippen molar-refractivity contribution >= 4 is 28.1 Å². The molecule has 1 aliphatic rings. The van der Waals surface area contributed by atoms with Crippen molar-refractivity contribution in [3.8, 4) is 17.0 Å². The smallest absolute Gasteiger partial charge is 0.255 e. The van der Waals surface area contributed by atoms with Crippen LogP contribution in [-0.4, -0.2) is 31.1 Å². The second-order valence-electron chi connectivity index (χ2n) is 6.47. The number of ether oxygens (including phenoxy) is 1. The van der Waals surface area contributed by atoms with Crippen LogP contribution in [0, 0.1) is 0 Å². The van der Waals surface area contributed by atoms with Crippen molar-refractivity contribution in [1.82, 2.24) is 4.98 Å². The summed E-state index contributed by atoms with van der Waals surface area (Å²) in [6.45, 7) is 2.18. The van der Waals surface area contributed by atoms with E-state index in [4.69, 9.17) is 9.72 Å². The molecule has 2 aromatic carbocycles. The molecule has 1 amide bonds. The number of aromatic nitrogens is 1. The van der Waals surface area contributed by atoms with Gasteiger partial charge in [-0.05, 0) is 49.2 Å². The Morgan fingerprint density at radius 3 is 2.67 bits per heavy atom. The van der Waals surface area contributed by atoms with E-state index in [1.807, 2.05) is 24.3 Å². The van der Waals surface area contributed by atoms with Gasteiger partial charge in [-0.15, -0.1) is 11.3 Å². The minimum atomic E-state index is -0.147. The van der Waals surface area contributed by atoms with Crippen LogP contribution in [0.2, 0.25) is 0 Å². The Morgan fingerprint density at radius 2 is 1.93 bits per heavy atom. The highest BCUT2D eigenvalue weighted by Gasteiger charge is 2.16. The summed E-state index contributed by atoms with van der Waals surface area (Å²) in [5.41, 5.74) is 3.29. The van der Waals surface area contributed by atoms with Crippen LogP contribution in [-0.2, 0) is 0 Å². The van der Waals surface area contributed by atoms with Gasteiger partial charge >= 0.3 is 0 Å². The molecule has 0 saturated carbocycles. The second-order valence-corrected chi connectivity index (χ2v) is 7.31. The van der Waals surface area contributed by atoms with Crippen molar-refractivity contribution in [3.63, 3.8) is 0 Å². The van der Waals surface area contributed by atoms with Gasteiger partial charge < -0.3 is 15.0 Å². The molecule has 0 unspecified atom stereocenters. The van der Waals surface area contributed by atoms with Crippen molar-refractivity contribution in [2.24, 2.45) is 0 Å². The number of methoxy groups -OCH3 is 1. The fourth-order valence-corrected chi connectivity index (χ4v) is 4.04. The molecular formula is C21H21N3O2S. The summed E-state index contributed by atoms with van der Waals surface area (Å²) in [4.78, 5) is 19.6. The van der Waals surface area contributed by atoms with Crippen LogP contribution >= 0.6 is 11.3 Å². The first-order valence-electron chi connectivity index (χ1n) is 8.99. The molecule has 138 valence electrons. The molecule has 1 saturated heterocycles. The third-order valence-electron chi connectivity index (χ3n) is 4.64. The molecule has 5 nitrogen and oxygen atoms in total. The minimum Gasteiger partial charge on any atom is -0.497 e. The van der Waals surface area contributed by atoms with Crippen molar-refractivity contribution in [3.05, 3.63) is 59.5 Å². The second kappa shape index (κ2) is 7.80. The monoisotopic (exact) mass is 379 g/mol. The van der Waals surface area contributed by atoms with E-state index in [2.05, 4.69) is 15.6 Å². The maximum absolute atomic E-state index is 12.5. The molecule has 0 atom stereocenters. The van der Waals surface area contributed by atoms with Gasteiger partial charge in [0.15, 0.2) is 5.13 Å². The topological polar surface area (TPSA) is 54.5 Å². The highest BCUT2D eigenvalue weighted by molar-refractivity contribution is 7.14. The molecule has 0 bridgehead atoms. The lowest BCUT2D eigenvalue weighted by Gasteiger charge is -2.12. The van der Waals surface area contributed by atoms with E-state index >= 15 is 0 Å². The van der Waals surface area contributed by atoms with Crippen molar-refractivity contribution in [2.45, 2.75) is 12.8 Å². The number of amides is 1. The molecular weight excluding hydrogens is 358 g/mol. The third kappa shape index (κ3) is 3.95. The number of rotatable bonds is 5. The predicted molar refractivity (Wildman–Crippen MR) is 110 cm³/mol. The van der Waals surface area contributed by atoms with Crippen LogP contribution in [0.3, 0.4) is 0 Å². The van der Waals surface area contributed by atoms with Crippen molar-refractivity contribution in [1.29, 1.82) is 0 Å². The Labute approximate surface area is 162 Å². The minimum absolute atomic E-state index is 0.147. The van der Waals surface area contributed by atoms with Crippen LogP contribution in [0.4, 0.5) is 10.8 Å². The maximum Gasteiger partial charge on any atom is 0.255 e. The predicted octanol–water partition coefficient (Wildman–Crippen LogP) is 4.67. The average molecular weight is 379 g/mol. The molecule has 4 rings (SSSR count). The highest BCUT2D eigenvalue weighted by Crippen LogP contribution is 2.30. The van der Waals surface area contributed by atoms with Gasteiger partial charge in [-0.25, -0.2) is 4.98 Å². The summed E-state index contributed by atoms with van der Waals surface area (Å²) < 4.78 is 5.13. The Kier molecular flexibility index (Phi) is 5.07. The van der Waals surface area contributed by atoms with Crippen LogP contribution < -0.4 is 15.0 Å². The molecule has 0 aliphatic carbocycles. The molecule has 0 spiro atoms. The highest BCUT2D eigenvalue weighted by atomic mass is 32.1. The molecule has 3 aromatic rings. The van der Waals surface area contributed by atoms with Crippen LogP contribution in [0.5, 0.6) is 5.75 Å². The number of benzene rings is 2. The molecule has 0 radical (unpaired) electrons. The lowest BCUT2D eigenvalue weighted by atomic mass is 10.1. The Bertz CT molecular complexity index is 931. The van der Waals surface area contributed by atoms with Gasteiger partial charge in [0.2, 0.25) is 0 Å². The van der Waals surface area contributed by atoms with Gasteiger partial charge in [0.05, 0.1) is 12.8 Å². The molecule has 27 heavy (non-hydrogen) atoms. The number of hydrogen-bond donors (Lipinski definition) is 1. The van der Waals surface area contributed by atoms with E-state index in [0.717, 1.165) is 40.9 Å². The largest absolute Gasteiger partial charge is 0.497 e. The summed E-state index contributed by atoms with van der Waals surface area (Å²) in [6.07, 6.45) is 2.48. The summed E-state index contributed by atoms with van der Waals surface area (Å²) in [5.74, 6) is 0.580. The molecule has 2 heterocycles. The molecule has 1 N–H and O–H groups in total. The Morgan fingerprint density at radius 1 is 1.15 bits per heavy atom. The number of thiazole rings is 1. The summed E-state index contributed by atoms with van der Waals surface area (Å²) in [5, 5.41) is 6.11. The van der Waals surface area contributed by atoms with Gasteiger partial charge in [0, 0.05) is 35.3 Å². The average Bonchev–Trinajstić information content (AvgIpc) is 3.40. The van der Waals surface area contributed by atoms with E-state index in [1.165, 1.54) is 12.8 Å². The van der Waals surface area contributed by atoms with E-state index in [1.54, 1.807) is 42.7 Å². The van der Waals surface area contributed by atoms with Gasteiger partial charge in [-0.3, -0.25) is 4.79 Å². The van der Waals surface area contributed by atoms with Gasteiger partial charge in [-0.2, -0.15) is 0 Å². The fraction of sp³-hybridized carbons (Fsp3) is 0.238. The Balaban J connectivity index is 1.49. The molecule has 6 heteroatoms. The van der Waals surface area contributed by atoms with Crippen LogP contribution in [0.15, 0.2) is 53.9 Å². The van der Waals surface area contributed by atoms with E-state index < -0.39 is 0 Å². The molecule has 1 aliphatic heterocycles. The van der Waals surface area contributed by atoms with E-state index in [-0.39, 0.29) is 5.91 Å². The number of anilines is 2. The zero-order valence-corrected chi connectivity index (χ0v) is 16.0. The van der Waals surface area contributed by atoms with Crippen molar-refractivity contribution in [2.75, 3.05) is 30.4 Å². The number of carbonyl (C=O) groups excluding carboxylic acids is 1. The van der Waals surface area contributed by atoms with E-state index in [9.17, 15) is 4.79 Å². The maximum atomic E-state index is 12.5. The van der Waals surface area contributed by atoms with Gasteiger partial charge in [0.25, 0.3) is 5.91 Å². The first kappa shape index (κ1) is 17.5. The number of nitrogens with one attached hydrogen (secondary N) is 1. The number of carbonyl (C=O) groups is 1. The standard InChI is InChI=1S/C21H21N3O2S/c1-26-18-9-7-15(8-10-18)20(25)22-17-6-4-5-16(13-17)19-14-27-21(23-19)24-11-2-3-12-24/h4-10,13-14H,2-3,11-12H2,1H3,(H,22,25). The quantitative estimate of drug-likeness (QED) is 0.700. The number of nitrogens with zero attached hydrogens (tertiary/aromatic N) is 2. The first-order chi connectivity index (χ1) is 13.2. The lowest BCUT2D eigenvalue weighted by molar-refractivity contribution is 0.102. The third-order valence-corrected chi connectivity index (χ3v) is 5.54. The fourth-order valence-electron chi connectivity index (χ4n) is 3.15. The number of hydrogen-bond acceptors (Lipinski definition) is 5. The van der Waals surface area contributed by atoms with Crippen molar-refractivity contribution < 1.29 is 9.53 Å². The van der Waals surface area contributed by atoms with E-state index in [0.29, 0.717) is 5.56 Å². The van der Waals surface area contributed by atoms with Gasteiger partial charge in [0.1, 0.15) is 5.75 Å². The zero-order valence-electron chi connectivity index (χ0n) is 15.1. The SMILES string of the molecule is COc1ccc(C(=O)Nc2cccc(-c3csc(N4CCCC4)n3)c2)cc1. The summed E-state index contributed by atoms with van der Waals surface area (Å²) in [6, 6.07) is 14.9. The summed E-state index contributed by atoms with van der Waals surface area (Å²) >= 11 is 1.68. The Hall–Kier alpha value is -2.86. The van der Waals surface area contributed by atoms with Gasteiger partial charge in [-0.1, -0.05) is 12.1 Å². The zero-order chi connectivity index (χ0) is 18.6. The lowest BCUT2D eigenvalue weighted by Crippen LogP contribution is -2.17. The first-order valence-corrected chi connectivity index (χ1v) is 9.87. The normalized spacial score (nSPS) is 13.6. The molecule has 1 aromatic heterocycles.